The highest BCUT2D eigenvalue weighted by Gasteiger charge is 2.34. The van der Waals surface area contributed by atoms with Crippen LogP contribution in [0.4, 0.5) is 13.2 Å². The number of carbonyl (C=O) groups is 1. The minimum absolute atomic E-state index is 0.259. The summed E-state index contributed by atoms with van der Waals surface area (Å²) >= 11 is 1.53. The molecule has 5 rings (SSSR count). The van der Waals surface area contributed by atoms with Gasteiger partial charge in [-0.15, -0.1) is 11.3 Å². The standard InChI is InChI=1S/C22H20F3N7OS/c1-11-5-27-20(34-11)16-3-13(4-18-17(16)10-32(31-18)15-8-26-9-15)19(33)30-12(2)14-6-28-21(29-7-14)22(23,24)25/h3-7,10,12,15,26H,8-9H2,1-2H3,(H,30,33). The van der Waals surface area contributed by atoms with Crippen molar-refractivity contribution in [1.82, 2.24) is 35.4 Å². The van der Waals surface area contributed by atoms with Gasteiger partial charge in [0.2, 0.25) is 5.82 Å². The number of rotatable bonds is 5. The maximum atomic E-state index is 13.1. The summed E-state index contributed by atoms with van der Waals surface area (Å²) in [7, 11) is 0. The zero-order chi connectivity index (χ0) is 24.0. The van der Waals surface area contributed by atoms with E-state index in [0.717, 1.165) is 46.3 Å². The summed E-state index contributed by atoms with van der Waals surface area (Å²) in [5, 5.41) is 12.4. The van der Waals surface area contributed by atoms with E-state index in [-0.39, 0.29) is 11.9 Å². The normalized spacial score (nSPS) is 15.3. The van der Waals surface area contributed by atoms with Gasteiger partial charge in [-0.1, -0.05) is 0 Å². The van der Waals surface area contributed by atoms with Crippen LogP contribution in [0.3, 0.4) is 0 Å². The summed E-state index contributed by atoms with van der Waals surface area (Å²) < 4.78 is 40.1. The number of aromatic nitrogens is 5. The van der Waals surface area contributed by atoms with Crippen molar-refractivity contribution >= 4 is 28.1 Å². The Morgan fingerprint density at radius 2 is 1.94 bits per heavy atom. The number of thiazole rings is 1. The van der Waals surface area contributed by atoms with Crippen molar-refractivity contribution in [3.05, 3.63) is 58.7 Å². The van der Waals surface area contributed by atoms with E-state index in [1.54, 1.807) is 25.3 Å². The molecule has 4 aromatic rings. The van der Waals surface area contributed by atoms with Crippen molar-refractivity contribution in [3.8, 4) is 10.6 Å². The van der Waals surface area contributed by atoms with E-state index in [1.807, 2.05) is 17.8 Å². The third-order valence-corrected chi connectivity index (χ3v) is 6.61. The number of carbonyl (C=O) groups excluding carboxylic acids is 1. The Morgan fingerprint density at radius 3 is 2.53 bits per heavy atom. The summed E-state index contributed by atoms with van der Waals surface area (Å²) in [5.74, 6) is -1.61. The fraction of sp³-hybridized carbons (Fsp3) is 0.318. The van der Waals surface area contributed by atoms with E-state index >= 15 is 0 Å². The fourth-order valence-corrected chi connectivity index (χ4v) is 4.44. The first kappa shape index (κ1) is 22.4. The molecule has 8 nitrogen and oxygen atoms in total. The molecule has 2 N–H and O–H groups in total. The van der Waals surface area contributed by atoms with Gasteiger partial charge in [-0.05, 0) is 26.0 Å². The van der Waals surface area contributed by atoms with Crippen LogP contribution in [-0.2, 0) is 6.18 Å². The maximum absolute atomic E-state index is 13.1. The minimum Gasteiger partial charge on any atom is -0.345 e. The fourth-order valence-electron chi connectivity index (χ4n) is 3.65. The first-order chi connectivity index (χ1) is 16.2. The van der Waals surface area contributed by atoms with Gasteiger partial charge in [0.1, 0.15) is 5.01 Å². The zero-order valence-corrected chi connectivity index (χ0v) is 19.0. The third kappa shape index (κ3) is 4.26. The van der Waals surface area contributed by atoms with Crippen molar-refractivity contribution in [2.45, 2.75) is 32.1 Å². The summed E-state index contributed by atoms with van der Waals surface area (Å²) in [5.41, 5.74) is 2.23. The molecule has 4 heterocycles. The number of hydrogen-bond acceptors (Lipinski definition) is 7. The van der Waals surface area contributed by atoms with Gasteiger partial charge in [-0.25, -0.2) is 15.0 Å². The number of nitrogens with zero attached hydrogens (tertiary/aromatic N) is 5. The lowest BCUT2D eigenvalue weighted by molar-refractivity contribution is -0.145. The second-order valence-electron chi connectivity index (χ2n) is 8.19. The summed E-state index contributed by atoms with van der Waals surface area (Å²) in [4.78, 5) is 25.4. The second kappa shape index (κ2) is 8.44. The van der Waals surface area contributed by atoms with Crippen LogP contribution in [0.15, 0.2) is 36.9 Å². The molecule has 1 amide bonds. The Morgan fingerprint density at radius 1 is 1.21 bits per heavy atom. The molecule has 1 unspecified atom stereocenters. The first-order valence-corrected chi connectivity index (χ1v) is 11.4. The van der Waals surface area contributed by atoms with E-state index < -0.39 is 18.0 Å². The number of amides is 1. The number of benzene rings is 1. The minimum atomic E-state index is -4.62. The van der Waals surface area contributed by atoms with Crippen molar-refractivity contribution in [3.63, 3.8) is 0 Å². The van der Waals surface area contributed by atoms with Crippen LogP contribution in [0.25, 0.3) is 21.5 Å². The summed E-state index contributed by atoms with van der Waals surface area (Å²) in [6.07, 6.45) is 1.29. The SMILES string of the molecule is Cc1cnc(-c2cc(C(=O)NC(C)c3cnc(C(F)(F)F)nc3)cc3nn(C4CNC4)cc23)s1. The second-order valence-corrected chi connectivity index (χ2v) is 9.42. The van der Waals surface area contributed by atoms with E-state index in [9.17, 15) is 18.0 Å². The lowest BCUT2D eigenvalue weighted by Crippen LogP contribution is -2.43. The average Bonchev–Trinajstić information content (AvgIpc) is 3.37. The number of alkyl halides is 3. The largest absolute Gasteiger partial charge is 0.451 e. The number of hydrogen-bond donors (Lipinski definition) is 2. The van der Waals surface area contributed by atoms with Crippen LogP contribution < -0.4 is 10.6 Å². The van der Waals surface area contributed by atoms with Gasteiger partial charge in [-0.2, -0.15) is 18.3 Å². The van der Waals surface area contributed by atoms with Crippen LogP contribution in [0.2, 0.25) is 0 Å². The van der Waals surface area contributed by atoms with Gasteiger partial charge in [-0.3, -0.25) is 9.48 Å². The van der Waals surface area contributed by atoms with Crippen LogP contribution in [0.5, 0.6) is 0 Å². The predicted octanol–water partition coefficient (Wildman–Crippen LogP) is 3.91. The average molecular weight is 488 g/mol. The van der Waals surface area contributed by atoms with Gasteiger partial charge < -0.3 is 10.6 Å². The molecule has 0 spiro atoms. The molecule has 1 aliphatic rings. The maximum Gasteiger partial charge on any atom is 0.451 e. The van der Waals surface area contributed by atoms with Crippen molar-refractivity contribution in [2.24, 2.45) is 0 Å². The van der Waals surface area contributed by atoms with Gasteiger partial charge in [0.05, 0.1) is 17.6 Å². The highest BCUT2D eigenvalue weighted by Crippen LogP contribution is 2.33. The number of nitrogens with one attached hydrogen (secondary N) is 2. The smallest absolute Gasteiger partial charge is 0.345 e. The summed E-state index contributed by atoms with van der Waals surface area (Å²) in [6.45, 7) is 5.29. The van der Waals surface area contributed by atoms with Crippen molar-refractivity contribution < 1.29 is 18.0 Å². The van der Waals surface area contributed by atoms with Crippen molar-refractivity contribution in [2.75, 3.05) is 13.1 Å². The van der Waals surface area contributed by atoms with Crippen LogP contribution in [0.1, 0.15) is 45.6 Å². The van der Waals surface area contributed by atoms with Gasteiger partial charge in [0, 0.05) is 64.8 Å². The lowest BCUT2D eigenvalue weighted by atomic mass is 10.0. The molecule has 0 aliphatic carbocycles. The van der Waals surface area contributed by atoms with E-state index in [2.05, 4.69) is 30.7 Å². The van der Waals surface area contributed by atoms with Crippen molar-refractivity contribution in [1.29, 1.82) is 0 Å². The highest BCUT2D eigenvalue weighted by molar-refractivity contribution is 7.15. The molecule has 3 aromatic heterocycles. The van der Waals surface area contributed by atoms with E-state index in [1.165, 1.54) is 11.3 Å². The van der Waals surface area contributed by atoms with Crippen LogP contribution in [0, 0.1) is 6.92 Å². The number of aryl methyl sites for hydroxylation is 1. The number of halogens is 3. The Hall–Kier alpha value is -3.38. The molecule has 1 saturated heterocycles. The molecule has 1 atom stereocenters. The van der Waals surface area contributed by atoms with E-state index in [4.69, 9.17) is 0 Å². The topological polar surface area (TPSA) is 97.6 Å². The highest BCUT2D eigenvalue weighted by atomic mass is 32.1. The predicted molar refractivity (Wildman–Crippen MR) is 120 cm³/mol. The molecule has 176 valence electrons. The molecular formula is C22H20F3N7OS. The van der Waals surface area contributed by atoms with Gasteiger partial charge in [0.25, 0.3) is 5.91 Å². The third-order valence-electron chi connectivity index (χ3n) is 5.66. The monoisotopic (exact) mass is 487 g/mol. The Balaban J connectivity index is 1.45. The molecule has 12 heteroatoms. The molecule has 34 heavy (non-hydrogen) atoms. The Bertz CT molecular complexity index is 1360. The Labute approximate surface area is 196 Å². The molecular weight excluding hydrogens is 467 g/mol. The summed E-state index contributed by atoms with van der Waals surface area (Å²) in [6, 6.07) is 3.15. The van der Waals surface area contributed by atoms with E-state index in [0.29, 0.717) is 16.6 Å². The van der Waals surface area contributed by atoms with Crippen LogP contribution in [-0.4, -0.2) is 43.7 Å². The van der Waals surface area contributed by atoms with Gasteiger partial charge in [0.15, 0.2) is 0 Å². The quantitative estimate of drug-likeness (QED) is 0.443. The van der Waals surface area contributed by atoms with Crippen LogP contribution >= 0.6 is 11.3 Å². The zero-order valence-electron chi connectivity index (χ0n) is 18.2. The first-order valence-electron chi connectivity index (χ1n) is 10.6. The molecule has 1 aliphatic heterocycles. The van der Waals surface area contributed by atoms with Gasteiger partial charge >= 0.3 is 6.18 Å². The molecule has 1 fully saturated rings. The molecule has 0 saturated carbocycles. The molecule has 1 aromatic carbocycles. The molecule has 0 radical (unpaired) electrons. The lowest BCUT2D eigenvalue weighted by Gasteiger charge is -2.27. The Kier molecular flexibility index (Phi) is 5.56. The molecule has 0 bridgehead atoms. The number of fused-ring (bicyclic) bond motifs is 1.